The van der Waals surface area contributed by atoms with Crippen molar-refractivity contribution in [1.82, 2.24) is 9.55 Å². The fourth-order valence-electron chi connectivity index (χ4n) is 3.02. The van der Waals surface area contributed by atoms with E-state index in [1.165, 1.54) is 62.7 Å². The highest BCUT2D eigenvalue weighted by atomic mass is 32.2. The number of hydrogen-bond acceptors (Lipinski definition) is 2. The van der Waals surface area contributed by atoms with Gasteiger partial charge in [0.05, 0.1) is 6.33 Å². The smallest absolute Gasteiger partial charge is 0.0946 e. The first-order chi connectivity index (χ1) is 12.9. The first-order valence-electron chi connectivity index (χ1n) is 10.2. The van der Waals surface area contributed by atoms with Crippen LogP contribution in [-0.4, -0.2) is 20.6 Å². The van der Waals surface area contributed by atoms with E-state index in [4.69, 9.17) is 0 Å². The summed E-state index contributed by atoms with van der Waals surface area (Å²) in [6.07, 6.45) is 21.5. The third-order valence-electron chi connectivity index (χ3n) is 4.58. The second-order valence-electron chi connectivity index (χ2n) is 6.91. The Hall–Kier alpha value is -1.48. The molecule has 0 bridgehead atoms. The predicted molar refractivity (Wildman–Crippen MR) is 117 cm³/mol. The van der Waals surface area contributed by atoms with Crippen LogP contribution in [0.5, 0.6) is 0 Å². The van der Waals surface area contributed by atoms with E-state index < -0.39 is 0 Å². The summed E-state index contributed by atoms with van der Waals surface area (Å²) in [4.78, 5) is 4.17. The van der Waals surface area contributed by atoms with Crippen LogP contribution < -0.4 is 0 Å². The summed E-state index contributed by atoms with van der Waals surface area (Å²) >= 11 is 2.08. The highest BCUT2D eigenvalue weighted by Gasteiger charge is 2.06. The van der Waals surface area contributed by atoms with Crippen molar-refractivity contribution in [2.75, 3.05) is 5.75 Å². The molecule has 2 rings (SSSR count). The summed E-state index contributed by atoms with van der Waals surface area (Å²) in [5, 5.41) is 0.494. The summed E-state index contributed by atoms with van der Waals surface area (Å²) in [6, 6.07) is 10.6. The SMILES string of the molecule is CCCCCCCCCCSC(C=Cc1ccccc1)Cn1ccnc1. The van der Waals surface area contributed by atoms with Crippen molar-refractivity contribution in [1.29, 1.82) is 0 Å². The van der Waals surface area contributed by atoms with Gasteiger partial charge in [-0.25, -0.2) is 4.98 Å². The Labute approximate surface area is 164 Å². The molecule has 1 atom stereocenters. The number of aromatic nitrogens is 2. The van der Waals surface area contributed by atoms with Crippen molar-refractivity contribution in [3.63, 3.8) is 0 Å². The van der Waals surface area contributed by atoms with Gasteiger partial charge in [-0.2, -0.15) is 11.8 Å². The molecule has 0 aliphatic heterocycles. The van der Waals surface area contributed by atoms with Crippen molar-refractivity contribution >= 4 is 17.8 Å². The molecule has 1 unspecified atom stereocenters. The topological polar surface area (TPSA) is 17.8 Å². The van der Waals surface area contributed by atoms with Gasteiger partial charge in [-0.05, 0) is 17.7 Å². The number of unbranched alkanes of at least 4 members (excludes halogenated alkanes) is 7. The molecule has 0 fully saturated rings. The van der Waals surface area contributed by atoms with Crippen LogP contribution in [0.15, 0.2) is 55.1 Å². The van der Waals surface area contributed by atoms with Crippen molar-refractivity contribution < 1.29 is 0 Å². The average Bonchev–Trinajstić information content (AvgIpc) is 3.18. The number of imidazole rings is 1. The minimum absolute atomic E-state index is 0.494. The molecule has 2 aromatic rings. The lowest BCUT2D eigenvalue weighted by Crippen LogP contribution is -2.10. The average molecular weight is 371 g/mol. The van der Waals surface area contributed by atoms with Crippen molar-refractivity contribution in [2.24, 2.45) is 0 Å². The molecule has 0 amide bonds. The standard InChI is InChI=1S/C23H34N2S/c1-2-3-4-5-6-7-8-12-19-26-23(20-25-18-17-24-21-25)16-15-22-13-10-9-11-14-22/h9-11,13-18,21,23H,2-8,12,19-20H2,1H3. The Bertz CT molecular complexity index is 578. The van der Waals surface area contributed by atoms with Crippen LogP contribution in [0.2, 0.25) is 0 Å². The maximum Gasteiger partial charge on any atom is 0.0946 e. The lowest BCUT2D eigenvalue weighted by atomic mass is 10.1. The maximum absolute atomic E-state index is 4.17. The molecule has 0 spiro atoms. The van der Waals surface area contributed by atoms with Gasteiger partial charge in [0, 0.05) is 24.2 Å². The zero-order valence-corrected chi connectivity index (χ0v) is 17.0. The van der Waals surface area contributed by atoms with E-state index in [2.05, 4.69) is 76.9 Å². The highest BCUT2D eigenvalue weighted by molar-refractivity contribution is 8.00. The third-order valence-corrected chi connectivity index (χ3v) is 5.84. The summed E-state index contributed by atoms with van der Waals surface area (Å²) in [6.45, 7) is 3.27. The zero-order chi connectivity index (χ0) is 18.3. The van der Waals surface area contributed by atoms with Gasteiger partial charge >= 0.3 is 0 Å². The molecular formula is C23H34N2S. The van der Waals surface area contributed by atoms with Crippen LogP contribution in [0.1, 0.15) is 63.9 Å². The quantitative estimate of drug-likeness (QED) is 0.339. The molecule has 26 heavy (non-hydrogen) atoms. The maximum atomic E-state index is 4.17. The number of benzene rings is 1. The van der Waals surface area contributed by atoms with E-state index in [-0.39, 0.29) is 0 Å². The van der Waals surface area contributed by atoms with Crippen LogP contribution in [-0.2, 0) is 6.54 Å². The van der Waals surface area contributed by atoms with Gasteiger partial charge in [-0.3, -0.25) is 0 Å². The number of nitrogens with zero attached hydrogens (tertiary/aromatic N) is 2. The van der Waals surface area contributed by atoms with Crippen LogP contribution in [0.3, 0.4) is 0 Å². The summed E-state index contributed by atoms with van der Waals surface area (Å²) in [5.41, 5.74) is 1.27. The van der Waals surface area contributed by atoms with E-state index >= 15 is 0 Å². The van der Waals surface area contributed by atoms with Crippen molar-refractivity contribution in [3.8, 4) is 0 Å². The van der Waals surface area contributed by atoms with E-state index in [9.17, 15) is 0 Å². The molecule has 0 radical (unpaired) electrons. The highest BCUT2D eigenvalue weighted by Crippen LogP contribution is 2.19. The lowest BCUT2D eigenvalue weighted by molar-refractivity contribution is 0.586. The number of hydrogen-bond donors (Lipinski definition) is 0. The third kappa shape index (κ3) is 9.28. The van der Waals surface area contributed by atoms with Crippen LogP contribution in [0, 0.1) is 0 Å². The van der Waals surface area contributed by atoms with Crippen molar-refractivity contribution in [3.05, 3.63) is 60.7 Å². The van der Waals surface area contributed by atoms with Gasteiger partial charge in [0.25, 0.3) is 0 Å². The summed E-state index contributed by atoms with van der Waals surface area (Å²) < 4.78 is 2.18. The first-order valence-corrected chi connectivity index (χ1v) is 11.2. The predicted octanol–water partition coefficient (Wildman–Crippen LogP) is 6.84. The Morgan fingerprint density at radius 1 is 1.00 bits per heavy atom. The molecule has 3 heteroatoms. The van der Waals surface area contributed by atoms with Gasteiger partial charge in [0.2, 0.25) is 0 Å². The van der Waals surface area contributed by atoms with Gasteiger partial charge in [0.1, 0.15) is 0 Å². The number of thioether (sulfide) groups is 1. The summed E-state index contributed by atoms with van der Waals surface area (Å²) in [5.74, 6) is 1.24. The lowest BCUT2D eigenvalue weighted by Gasteiger charge is -2.13. The van der Waals surface area contributed by atoms with E-state index in [0.29, 0.717) is 5.25 Å². The Morgan fingerprint density at radius 2 is 1.73 bits per heavy atom. The second kappa shape index (κ2) is 13.7. The Kier molecular flexibility index (Phi) is 11.0. The summed E-state index contributed by atoms with van der Waals surface area (Å²) in [7, 11) is 0. The van der Waals surface area contributed by atoms with Crippen molar-refractivity contribution in [2.45, 2.75) is 70.1 Å². The minimum Gasteiger partial charge on any atom is -0.336 e. The molecular weight excluding hydrogens is 336 g/mol. The Balaban J connectivity index is 1.69. The zero-order valence-electron chi connectivity index (χ0n) is 16.2. The Morgan fingerprint density at radius 3 is 2.42 bits per heavy atom. The molecule has 0 saturated heterocycles. The van der Waals surface area contributed by atoms with E-state index in [0.717, 1.165) is 6.54 Å². The largest absolute Gasteiger partial charge is 0.336 e. The normalized spacial score (nSPS) is 12.7. The first kappa shape index (κ1) is 20.8. The molecule has 0 N–H and O–H groups in total. The van der Waals surface area contributed by atoms with Gasteiger partial charge in [-0.1, -0.05) is 94.4 Å². The molecule has 2 nitrogen and oxygen atoms in total. The fraction of sp³-hybridized carbons (Fsp3) is 0.522. The molecule has 0 aliphatic carbocycles. The monoisotopic (exact) mass is 370 g/mol. The number of rotatable bonds is 14. The molecule has 1 heterocycles. The van der Waals surface area contributed by atoms with Gasteiger partial charge in [0.15, 0.2) is 0 Å². The minimum atomic E-state index is 0.494. The second-order valence-corrected chi connectivity index (χ2v) is 8.26. The van der Waals surface area contributed by atoms with Crippen LogP contribution in [0.25, 0.3) is 6.08 Å². The van der Waals surface area contributed by atoms with Gasteiger partial charge in [-0.15, -0.1) is 0 Å². The molecule has 1 aromatic heterocycles. The molecule has 142 valence electrons. The van der Waals surface area contributed by atoms with E-state index in [1.54, 1.807) is 0 Å². The van der Waals surface area contributed by atoms with Gasteiger partial charge < -0.3 is 4.57 Å². The molecule has 0 saturated carbocycles. The van der Waals surface area contributed by atoms with E-state index in [1.807, 2.05) is 12.5 Å². The van der Waals surface area contributed by atoms with Crippen LogP contribution >= 0.6 is 11.8 Å². The fourth-order valence-corrected chi connectivity index (χ4v) is 4.17. The van der Waals surface area contributed by atoms with Crippen LogP contribution in [0.4, 0.5) is 0 Å². The molecule has 0 aliphatic rings. The molecule has 1 aromatic carbocycles.